The highest BCUT2D eigenvalue weighted by Gasteiger charge is 2.43. The number of ether oxygens (including phenoxy) is 1. The van der Waals surface area contributed by atoms with Crippen LogP contribution in [0.25, 0.3) is 0 Å². The van der Waals surface area contributed by atoms with Crippen molar-refractivity contribution < 1.29 is 14.2 Å². The molecule has 0 unspecified atom stereocenters. The first kappa shape index (κ1) is 18.8. The molecule has 0 amide bonds. The van der Waals surface area contributed by atoms with Gasteiger partial charge in [0, 0.05) is 25.2 Å². The van der Waals surface area contributed by atoms with Gasteiger partial charge in [0.15, 0.2) is 0 Å². The zero-order valence-electron chi connectivity index (χ0n) is 15.7. The molecule has 1 aliphatic rings. The number of halogens is 1. The number of piperidine rings is 1. The van der Waals surface area contributed by atoms with Gasteiger partial charge in [0.2, 0.25) is 0 Å². The van der Waals surface area contributed by atoms with Gasteiger partial charge >= 0.3 is 0 Å². The number of rotatable bonds is 5. The molecular weight excluding hydrogens is 331 g/mol. The molecule has 1 saturated heterocycles. The molecular formula is C21H27FN2O2. The van der Waals surface area contributed by atoms with Gasteiger partial charge in [0.1, 0.15) is 17.2 Å². The lowest BCUT2D eigenvalue weighted by atomic mass is 9.79. The molecule has 140 valence electrons. The standard InChI is InChI=1S/C21H27FN2O2/c1-23(2)20-15-24(14-16-13-18(26-3)9-10-19(16)22)12-11-21(20,25)17-7-5-4-6-8-17/h4-10,13,20,25H,11-12,14-15H2,1-3H3/t20-,21+/m1/s1. The number of nitrogens with zero attached hydrogens (tertiary/aromatic N) is 2. The number of aliphatic hydroxyl groups is 1. The fraction of sp³-hybridized carbons (Fsp3) is 0.429. The van der Waals surface area contributed by atoms with E-state index in [2.05, 4.69) is 9.80 Å². The van der Waals surface area contributed by atoms with Gasteiger partial charge in [-0.1, -0.05) is 30.3 Å². The zero-order valence-corrected chi connectivity index (χ0v) is 15.7. The maximum absolute atomic E-state index is 14.2. The summed E-state index contributed by atoms with van der Waals surface area (Å²) < 4.78 is 19.4. The Balaban J connectivity index is 1.80. The average Bonchev–Trinajstić information content (AvgIpc) is 2.65. The maximum atomic E-state index is 14.2. The van der Waals surface area contributed by atoms with Crippen molar-refractivity contribution in [2.24, 2.45) is 0 Å². The predicted octanol–water partition coefficient (Wildman–Crippen LogP) is 2.86. The lowest BCUT2D eigenvalue weighted by molar-refractivity contribution is -0.0894. The van der Waals surface area contributed by atoms with Crippen LogP contribution in [-0.2, 0) is 12.1 Å². The number of benzene rings is 2. The molecule has 3 rings (SSSR count). The Hall–Kier alpha value is -1.95. The lowest BCUT2D eigenvalue weighted by Gasteiger charge is -2.47. The molecule has 5 heteroatoms. The van der Waals surface area contributed by atoms with Crippen molar-refractivity contribution in [1.29, 1.82) is 0 Å². The first-order valence-electron chi connectivity index (χ1n) is 8.93. The molecule has 0 spiro atoms. The number of likely N-dealkylation sites (N-methyl/N-ethyl adjacent to an activating group) is 1. The first-order chi connectivity index (χ1) is 12.4. The van der Waals surface area contributed by atoms with Crippen molar-refractivity contribution in [3.63, 3.8) is 0 Å². The summed E-state index contributed by atoms with van der Waals surface area (Å²) in [6.07, 6.45) is 0.603. The minimum absolute atomic E-state index is 0.0766. The minimum atomic E-state index is -0.909. The second-order valence-electron chi connectivity index (χ2n) is 7.21. The molecule has 26 heavy (non-hydrogen) atoms. The van der Waals surface area contributed by atoms with Gasteiger partial charge in [-0.05, 0) is 44.3 Å². The van der Waals surface area contributed by atoms with Crippen LogP contribution in [0, 0.1) is 5.82 Å². The molecule has 1 aliphatic heterocycles. The van der Waals surface area contributed by atoms with E-state index in [1.54, 1.807) is 19.2 Å². The second-order valence-corrected chi connectivity index (χ2v) is 7.21. The van der Waals surface area contributed by atoms with Crippen molar-refractivity contribution in [3.05, 3.63) is 65.5 Å². The van der Waals surface area contributed by atoms with Crippen molar-refractivity contribution in [2.45, 2.75) is 24.6 Å². The topological polar surface area (TPSA) is 35.9 Å². The lowest BCUT2D eigenvalue weighted by Crippen LogP contribution is -2.58. The summed E-state index contributed by atoms with van der Waals surface area (Å²) in [7, 11) is 5.54. The van der Waals surface area contributed by atoms with Crippen molar-refractivity contribution in [1.82, 2.24) is 9.80 Å². The number of hydrogen-bond donors (Lipinski definition) is 1. The fourth-order valence-electron chi connectivity index (χ4n) is 3.82. The van der Waals surface area contributed by atoms with E-state index in [-0.39, 0.29) is 11.9 Å². The Bertz CT molecular complexity index is 738. The van der Waals surface area contributed by atoms with Gasteiger partial charge in [0.25, 0.3) is 0 Å². The molecule has 2 atom stereocenters. The number of hydrogen-bond acceptors (Lipinski definition) is 4. The molecule has 0 bridgehead atoms. The van der Waals surface area contributed by atoms with Crippen LogP contribution in [-0.4, -0.2) is 55.2 Å². The summed E-state index contributed by atoms with van der Waals surface area (Å²) in [6.45, 7) is 1.86. The Morgan fingerprint density at radius 1 is 1.23 bits per heavy atom. The highest BCUT2D eigenvalue weighted by atomic mass is 19.1. The monoisotopic (exact) mass is 358 g/mol. The molecule has 0 aliphatic carbocycles. The van der Waals surface area contributed by atoms with E-state index in [9.17, 15) is 9.50 Å². The van der Waals surface area contributed by atoms with Gasteiger partial charge in [0.05, 0.1) is 13.2 Å². The minimum Gasteiger partial charge on any atom is -0.497 e. The third-order valence-electron chi connectivity index (χ3n) is 5.34. The van der Waals surface area contributed by atoms with Gasteiger partial charge < -0.3 is 14.7 Å². The smallest absolute Gasteiger partial charge is 0.127 e. The van der Waals surface area contributed by atoms with Crippen LogP contribution in [0.4, 0.5) is 4.39 Å². The molecule has 1 N–H and O–H groups in total. The number of methoxy groups -OCH3 is 1. The predicted molar refractivity (Wildman–Crippen MR) is 101 cm³/mol. The molecule has 1 fully saturated rings. The quantitative estimate of drug-likeness (QED) is 0.892. The van der Waals surface area contributed by atoms with E-state index in [1.165, 1.54) is 6.07 Å². The van der Waals surface area contributed by atoms with Gasteiger partial charge in [-0.25, -0.2) is 4.39 Å². The molecule has 1 heterocycles. The van der Waals surface area contributed by atoms with Crippen molar-refractivity contribution in [3.8, 4) is 5.75 Å². The third-order valence-corrected chi connectivity index (χ3v) is 5.34. The van der Waals surface area contributed by atoms with E-state index in [0.29, 0.717) is 37.4 Å². The van der Waals surface area contributed by atoms with E-state index < -0.39 is 5.60 Å². The largest absolute Gasteiger partial charge is 0.497 e. The van der Waals surface area contributed by atoms with Gasteiger partial charge in [-0.3, -0.25) is 4.90 Å². The fourth-order valence-corrected chi connectivity index (χ4v) is 3.82. The summed E-state index contributed by atoms with van der Waals surface area (Å²) in [6, 6.07) is 14.6. The van der Waals surface area contributed by atoms with E-state index >= 15 is 0 Å². The molecule has 2 aromatic carbocycles. The summed E-state index contributed by atoms with van der Waals surface area (Å²) in [5.41, 5.74) is 0.645. The van der Waals surface area contributed by atoms with Crippen LogP contribution in [0.15, 0.2) is 48.5 Å². The normalized spacial score (nSPS) is 24.0. The SMILES string of the molecule is COc1ccc(F)c(CN2CC[C@](O)(c3ccccc3)[C@H](N(C)C)C2)c1. The molecule has 4 nitrogen and oxygen atoms in total. The van der Waals surface area contributed by atoms with Crippen LogP contribution < -0.4 is 4.74 Å². The third kappa shape index (κ3) is 3.75. The van der Waals surface area contributed by atoms with Crippen LogP contribution in [0.5, 0.6) is 5.75 Å². The van der Waals surface area contributed by atoms with E-state index in [0.717, 1.165) is 5.56 Å². The number of likely N-dealkylation sites (tertiary alicyclic amines) is 1. The van der Waals surface area contributed by atoms with Crippen LogP contribution in [0.1, 0.15) is 17.5 Å². The van der Waals surface area contributed by atoms with Crippen molar-refractivity contribution >= 4 is 0 Å². The summed E-state index contributed by atoms with van der Waals surface area (Å²) >= 11 is 0. The molecule has 0 aromatic heterocycles. The van der Waals surface area contributed by atoms with Crippen LogP contribution in [0.3, 0.4) is 0 Å². The maximum Gasteiger partial charge on any atom is 0.127 e. The summed E-state index contributed by atoms with van der Waals surface area (Å²) in [4.78, 5) is 4.25. The van der Waals surface area contributed by atoms with Gasteiger partial charge in [-0.15, -0.1) is 0 Å². The summed E-state index contributed by atoms with van der Waals surface area (Å²) in [5, 5.41) is 11.4. The van der Waals surface area contributed by atoms with Crippen LogP contribution >= 0.6 is 0 Å². The van der Waals surface area contributed by atoms with E-state index in [4.69, 9.17) is 4.74 Å². The average molecular weight is 358 g/mol. The Labute approximate surface area is 154 Å². The highest BCUT2D eigenvalue weighted by molar-refractivity contribution is 5.30. The Kier molecular flexibility index (Phi) is 5.61. The van der Waals surface area contributed by atoms with E-state index in [1.807, 2.05) is 44.4 Å². The second kappa shape index (κ2) is 7.74. The first-order valence-corrected chi connectivity index (χ1v) is 8.93. The van der Waals surface area contributed by atoms with Crippen molar-refractivity contribution in [2.75, 3.05) is 34.3 Å². The Morgan fingerprint density at radius 2 is 1.96 bits per heavy atom. The van der Waals surface area contributed by atoms with Gasteiger partial charge in [-0.2, -0.15) is 0 Å². The van der Waals surface area contributed by atoms with Crippen LogP contribution in [0.2, 0.25) is 0 Å². The Morgan fingerprint density at radius 3 is 2.62 bits per heavy atom. The molecule has 0 radical (unpaired) electrons. The molecule has 0 saturated carbocycles. The zero-order chi connectivity index (χ0) is 18.7. The molecule has 2 aromatic rings. The summed E-state index contributed by atoms with van der Waals surface area (Å²) in [5.74, 6) is 0.430. The highest BCUT2D eigenvalue weighted by Crippen LogP contribution is 2.35.